The minimum absolute atomic E-state index is 0.0541. The monoisotopic (exact) mass is 306 g/mol. The first-order valence-corrected chi connectivity index (χ1v) is 6.96. The highest BCUT2D eigenvalue weighted by Crippen LogP contribution is 2.18. The number of carbonyl (C=O) groups is 3. The molecule has 1 fully saturated rings. The maximum Gasteiger partial charge on any atom is 0.407 e. The van der Waals surface area contributed by atoms with Gasteiger partial charge in [0, 0.05) is 19.4 Å². The van der Waals surface area contributed by atoms with Gasteiger partial charge < -0.3 is 20.5 Å². The molecular weight excluding hydrogens is 288 g/mol. The van der Waals surface area contributed by atoms with E-state index in [1.54, 1.807) is 12.1 Å². The molecule has 0 saturated carbocycles. The van der Waals surface area contributed by atoms with Gasteiger partial charge in [0.2, 0.25) is 0 Å². The maximum atomic E-state index is 12.0. The van der Waals surface area contributed by atoms with Gasteiger partial charge >= 0.3 is 12.1 Å². The molecule has 118 valence electrons. The summed E-state index contributed by atoms with van der Waals surface area (Å²) in [7, 11) is 0. The number of hydrogen-bond donors (Lipinski definition) is 2. The standard InChI is InChI=1S/C15H18N2O5/c16-13(12-8-11(18)6-7-17(12)15(20)21)14(19)22-9-10-4-2-1-3-5-10/h1-5,12-13H,6-9,16H2,(H,20,21). The molecule has 2 unspecified atom stereocenters. The normalized spacial score (nSPS) is 19.6. The van der Waals surface area contributed by atoms with Crippen molar-refractivity contribution in [2.75, 3.05) is 6.54 Å². The number of Topliss-reactive ketones (excluding diaryl/α,β-unsaturated/α-hetero) is 1. The number of carbonyl (C=O) groups excluding carboxylic acids is 2. The topological polar surface area (TPSA) is 110 Å². The number of hydrogen-bond acceptors (Lipinski definition) is 5. The van der Waals surface area contributed by atoms with E-state index in [-0.39, 0.29) is 31.8 Å². The van der Waals surface area contributed by atoms with Gasteiger partial charge in [-0.3, -0.25) is 9.59 Å². The number of ether oxygens (including phenoxy) is 1. The Hall–Kier alpha value is -2.41. The molecule has 0 aromatic heterocycles. The van der Waals surface area contributed by atoms with Crippen molar-refractivity contribution in [3.63, 3.8) is 0 Å². The second-order valence-corrected chi connectivity index (χ2v) is 5.16. The molecule has 0 aliphatic carbocycles. The third-order valence-corrected chi connectivity index (χ3v) is 3.63. The van der Waals surface area contributed by atoms with Crippen molar-refractivity contribution in [1.82, 2.24) is 4.90 Å². The number of ketones is 1. The summed E-state index contributed by atoms with van der Waals surface area (Å²) in [5, 5.41) is 9.14. The molecule has 1 aromatic carbocycles. The summed E-state index contributed by atoms with van der Waals surface area (Å²) in [4.78, 5) is 35.8. The average molecular weight is 306 g/mol. The lowest BCUT2D eigenvalue weighted by atomic mass is 9.95. The Balaban J connectivity index is 1.98. The fourth-order valence-electron chi connectivity index (χ4n) is 2.40. The molecule has 7 nitrogen and oxygen atoms in total. The van der Waals surface area contributed by atoms with Gasteiger partial charge in [-0.25, -0.2) is 4.79 Å². The van der Waals surface area contributed by atoms with E-state index in [4.69, 9.17) is 15.6 Å². The predicted molar refractivity (Wildman–Crippen MR) is 77.0 cm³/mol. The summed E-state index contributed by atoms with van der Waals surface area (Å²) in [6, 6.07) is 7.02. The summed E-state index contributed by atoms with van der Waals surface area (Å²) >= 11 is 0. The Morgan fingerprint density at radius 3 is 2.68 bits per heavy atom. The Labute approximate surface area is 127 Å². The van der Waals surface area contributed by atoms with Crippen LogP contribution in [-0.4, -0.2) is 46.5 Å². The Bertz CT molecular complexity index is 560. The lowest BCUT2D eigenvalue weighted by molar-refractivity contribution is -0.148. The van der Waals surface area contributed by atoms with Crippen molar-refractivity contribution in [3.05, 3.63) is 35.9 Å². The van der Waals surface area contributed by atoms with Crippen molar-refractivity contribution < 1.29 is 24.2 Å². The Morgan fingerprint density at radius 1 is 1.36 bits per heavy atom. The fourth-order valence-corrected chi connectivity index (χ4v) is 2.40. The first-order chi connectivity index (χ1) is 10.5. The van der Waals surface area contributed by atoms with E-state index in [1.165, 1.54) is 0 Å². The van der Waals surface area contributed by atoms with E-state index in [0.29, 0.717) is 0 Å². The molecule has 1 amide bonds. The second kappa shape index (κ2) is 7.04. The molecule has 1 aliphatic rings. The van der Waals surface area contributed by atoms with Crippen LogP contribution in [0.2, 0.25) is 0 Å². The molecule has 0 bridgehead atoms. The third-order valence-electron chi connectivity index (χ3n) is 3.63. The van der Waals surface area contributed by atoms with E-state index in [9.17, 15) is 14.4 Å². The number of rotatable bonds is 4. The smallest absolute Gasteiger partial charge is 0.407 e. The second-order valence-electron chi connectivity index (χ2n) is 5.16. The van der Waals surface area contributed by atoms with Crippen molar-refractivity contribution in [2.24, 2.45) is 5.73 Å². The van der Waals surface area contributed by atoms with Crippen molar-refractivity contribution in [3.8, 4) is 0 Å². The van der Waals surface area contributed by atoms with Crippen LogP contribution in [0.1, 0.15) is 18.4 Å². The number of amides is 1. The molecule has 3 N–H and O–H groups in total. The van der Waals surface area contributed by atoms with Crippen LogP contribution >= 0.6 is 0 Å². The van der Waals surface area contributed by atoms with Gasteiger partial charge in [0.1, 0.15) is 18.4 Å². The molecule has 1 aromatic rings. The molecule has 1 heterocycles. The summed E-state index contributed by atoms with van der Waals surface area (Å²) in [6.07, 6.45) is -1.11. The van der Waals surface area contributed by atoms with Crippen molar-refractivity contribution in [1.29, 1.82) is 0 Å². The third kappa shape index (κ3) is 3.82. The summed E-state index contributed by atoms with van der Waals surface area (Å²) < 4.78 is 5.11. The lowest BCUT2D eigenvalue weighted by Gasteiger charge is -2.35. The molecule has 7 heteroatoms. The molecule has 22 heavy (non-hydrogen) atoms. The number of nitrogens with two attached hydrogens (primary N) is 1. The first kappa shape index (κ1) is 16.0. The zero-order valence-electron chi connectivity index (χ0n) is 12.0. The quantitative estimate of drug-likeness (QED) is 0.795. The van der Waals surface area contributed by atoms with Gasteiger partial charge in [0.25, 0.3) is 0 Å². The molecule has 1 aliphatic heterocycles. The van der Waals surface area contributed by atoms with E-state index in [2.05, 4.69) is 0 Å². The van der Waals surface area contributed by atoms with E-state index >= 15 is 0 Å². The zero-order chi connectivity index (χ0) is 16.1. The Morgan fingerprint density at radius 2 is 2.05 bits per heavy atom. The first-order valence-electron chi connectivity index (χ1n) is 6.96. The number of nitrogens with zero attached hydrogens (tertiary/aromatic N) is 1. The minimum Gasteiger partial charge on any atom is -0.465 e. The van der Waals surface area contributed by atoms with Crippen molar-refractivity contribution in [2.45, 2.75) is 31.5 Å². The van der Waals surface area contributed by atoms with Gasteiger partial charge in [0.15, 0.2) is 0 Å². The number of piperidine rings is 1. The highest BCUT2D eigenvalue weighted by molar-refractivity contribution is 5.85. The number of esters is 1. The average Bonchev–Trinajstić information content (AvgIpc) is 2.52. The van der Waals surface area contributed by atoms with Gasteiger partial charge in [-0.15, -0.1) is 0 Å². The summed E-state index contributed by atoms with van der Waals surface area (Å²) in [5.74, 6) is -0.816. The van der Waals surface area contributed by atoms with Gasteiger partial charge in [-0.2, -0.15) is 0 Å². The van der Waals surface area contributed by atoms with Crippen molar-refractivity contribution >= 4 is 17.8 Å². The molecule has 0 radical (unpaired) electrons. The number of benzene rings is 1. The fraction of sp³-hybridized carbons (Fsp3) is 0.400. The summed E-state index contributed by atoms with van der Waals surface area (Å²) in [5.41, 5.74) is 6.62. The van der Waals surface area contributed by atoms with Crippen LogP contribution in [0.3, 0.4) is 0 Å². The van der Waals surface area contributed by atoms with Crippen LogP contribution in [-0.2, 0) is 20.9 Å². The minimum atomic E-state index is -1.19. The summed E-state index contributed by atoms with van der Waals surface area (Å²) in [6.45, 7) is 0.111. The van der Waals surface area contributed by atoms with Crippen LogP contribution in [0.5, 0.6) is 0 Å². The van der Waals surface area contributed by atoms with Gasteiger partial charge in [-0.05, 0) is 5.56 Å². The van der Waals surface area contributed by atoms with Gasteiger partial charge in [-0.1, -0.05) is 30.3 Å². The van der Waals surface area contributed by atoms with Gasteiger partial charge in [0.05, 0.1) is 6.04 Å². The van der Waals surface area contributed by atoms with E-state index in [0.717, 1.165) is 10.5 Å². The van der Waals surface area contributed by atoms with Crippen LogP contribution in [0.25, 0.3) is 0 Å². The highest BCUT2D eigenvalue weighted by atomic mass is 16.5. The SMILES string of the molecule is NC(C(=O)OCc1ccccc1)C1CC(=O)CCN1C(=O)O. The maximum absolute atomic E-state index is 12.0. The number of likely N-dealkylation sites (tertiary alicyclic amines) is 1. The largest absolute Gasteiger partial charge is 0.465 e. The lowest BCUT2D eigenvalue weighted by Crippen LogP contribution is -2.57. The highest BCUT2D eigenvalue weighted by Gasteiger charge is 2.38. The van der Waals surface area contributed by atoms with E-state index < -0.39 is 24.1 Å². The van der Waals surface area contributed by atoms with Crippen LogP contribution in [0.4, 0.5) is 4.79 Å². The zero-order valence-corrected chi connectivity index (χ0v) is 12.0. The van der Waals surface area contributed by atoms with Crippen LogP contribution < -0.4 is 5.73 Å². The number of carboxylic acid groups (broad SMARTS) is 1. The Kier molecular flexibility index (Phi) is 5.11. The molecule has 2 rings (SSSR count). The molecule has 1 saturated heterocycles. The van der Waals surface area contributed by atoms with Crippen LogP contribution in [0, 0.1) is 0 Å². The predicted octanol–water partition coefficient (Wildman–Crippen LogP) is 0.769. The molecule has 2 atom stereocenters. The van der Waals surface area contributed by atoms with E-state index in [1.807, 2.05) is 18.2 Å². The molecule has 0 spiro atoms. The molecular formula is C15H18N2O5. The van der Waals surface area contributed by atoms with Crippen LogP contribution in [0.15, 0.2) is 30.3 Å².